The lowest BCUT2D eigenvalue weighted by molar-refractivity contribution is -0.142. The highest BCUT2D eigenvalue weighted by molar-refractivity contribution is 5.82. The van der Waals surface area contributed by atoms with E-state index in [4.69, 9.17) is 4.74 Å². The van der Waals surface area contributed by atoms with Gasteiger partial charge in [-0.05, 0) is 35.9 Å². The lowest BCUT2D eigenvalue weighted by Gasteiger charge is -2.25. The van der Waals surface area contributed by atoms with Gasteiger partial charge < -0.3 is 14.6 Å². The van der Waals surface area contributed by atoms with E-state index in [0.717, 1.165) is 29.3 Å². The molecule has 0 unspecified atom stereocenters. The molecule has 27 heavy (non-hydrogen) atoms. The van der Waals surface area contributed by atoms with Crippen molar-refractivity contribution in [2.75, 3.05) is 6.61 Å². The molecule has 0 radical (unpaired) electrons. The normalized spacial score (nSPS) is 16.5. The standard InChI is InChI=1S/C22H22N2O3/c25-21-18(13-17-9-4-5-10-19(17)23-21)15-24(14-16-7-2-1-3-8-16)22(26)20-11-6-12-27-20/h1-5,7-10,13,20H,6,11-12,14-15H2,(H,23,25)/t20-/m0/s1. The highest BCUT2D eigenvalue weighted by Gasteiger charge is 2.28. The van der Waals surface area contributed by atoms with Crippen LogP contribution in [0.5, 0.6) is 0 Å². The summed E-state index contributed by atoms with van der Waals surface area (Å²) >= 11 is 0. The van der Waals surface area contributed by atoms with Crippen molar-refractivity contribution in [2.45, 2.75) is 32.0 Å². The Morgan fingerprint density at radius 3 is 2.63 bits per heavy atom. The van der Waals surface area contributed by atoms with Gasteiger partial charge in [0.2, 0.25) is 0 Å². The molecule has 4 rings (SSSR count). The highest BCUT2D eigenvalue weighted by atomic mass is 16.5. The average molecular weight is 362 g/mol. The minimum absolute atomic E-state index is 0.0519. The van der Waals surface area contributed by atoms with Crippen LogP contribution in [0.4, 0.5) is 0 Å². The topological polar surface area (TPSA) is 62.4 Å². The van der Waals surface area contributed by atoms with Crippen LogP contribution in [0.15, 0.2) is 65.5 Å². The summed E-state index contributed by atoms with van der Waals surface area (Å²) in [5.74, 6) is -0.0519. The van der Waals surface area contributed by atoms with Crippen molar-refractivity contribution in [3.63, 3.8) is 0 Å². The molecule has 3 aromatic rings. The van der Waals surface area contributed by atoms with Crippen LogP contribution < -0.4 is 5.56 Å². The van der Waals surface area contributed by atoms with Gasteiger partial charge >= 0.3 is 0 Å². The number of H-pyrrole nitrogens is 1. The summed E-state index contributed by atoms with van der Waals surface area (Å²) in [6.07, 6.45) is 1.22. The first-order valence-corrected chi connectivity index (χ1v) is 9.26. The van der Waals surface area contributed by atoms with E-state index in [-0.39, 0.29) is 18.0 Å². The van der Waals surface area contributed by atoms with Crippen LogP contribution in [0.25, 0.3) is 10.9 Å². The number of carbonyl (C=O) groups excluding carboxylic acids is 1. The number of hydrogen-bond acceptors (Lipinski definition) is 3. The largest absolute Gasteiger partial charge is 0.368 e. The summed E-state index contributed by atoms with van der Waals surface area (Å²) in [5.41, 5.74) is 2.25. The molecule has 0 spiro atoms. The predicted molar refractivity (Wildman–Crippen MR) is 104 cm³/mol. The van der Waals surface area contributed by atoms with Gasteiger partial charge in [-0.3, -0.25) is 9.59 Å². The third-order valence-electron chi connectivity index (χ3n) is 4.92. The van der Waals surface area contributed by atoms with Gasteiger partial charge in [0.15, 0.2) is 0 Å². The molecular weight excluding hydrogens is 340 g/mol. The fraction of sp³-hybridized carbons (Fsp3) is 0.273. The maximum atomic E-state index is 13.0. The number of aromatic nitrogens is 1. The second kappa shape index (κ2) is 7.76. The molecule has 138 valence electrons. The van der Waals surface area contributed by atoms with Crippen molar-refractivity contribution in [3.8, 4) is 0 Å². The van der Waals surface area contributed by atoms with E-state index < -0.39 is 6.10 Å². The molecule has 1 aliphatic rings. The zero-order valence-corrected chi connectivity index (χ0v) is 15.1. The Bertz CT molecular complexity index is 991. The molecule has 0 saturated carbocycles. The highest BCUT2D eigenvalue weighted by Crippen LogP contribution is 2.19. The molecule has 5 heteroatoms. The second-order valence-corrected chi connectivity index (χ2v) is 6.89. The van der Waals surface area contributed by atoms with Crippen LogP contribution in [-0.4, -0.2) is 28.5 Å². The van der Waals surface area contributed by atoms with Gasteiger partial charge in [-0.15, -0.1) is 0 Å². The summed E-state index contributed by atoms with van der Waals surface area (Å²) in [6, 6.07) is 19.3. The quantitative estimate of drug-likeness (QED) is 0.758. The number of nitrogens with one attached hydrogen (secondary N) is 1. The van der Waals surface area contributed by atoms with Crippen molar-refractivity contribution in [3.05, 3.63) is 82.1 Å². The van der Waals surface area contributed by atoms with Gasteiger partial charge in [0, 0.05) is 24.2 Å². The minimum Gasteiger partial charge on any atom is -0.368 e. The van der Waals surface area contributed by atoms with E-state index >= 15 is 0 Å². The first kappa shape index (κ1) is 17.5. The first-order chi connectivity index (χ1) is 13.2. The van der Waals surface area contributed by atoms with Crippen LogP contribution >= 0.6 is 0 Å². The van der Waals surface area contributed by atoms with Crippen molar-refractivity contribution in [2.24, 2.45) is 0 Å². The smallest absolute Gasteiger partial charge is 0.253 e. The van der Waals surface area contributed by atoms with Gasteiger partial charge in [0.05, 0.1) is 6.54 Å². The number of fused-ring (bicyclic) bond motifs is 1. The molecule has 2 heterocycles. The summed E-state index contributed by atoms with van der Waals surface area (Å²) in [7, 11) is 0. The molecule has 2 aromatic carbocycles. The van der Waals surface area contributed by atoms with E-state index in [1.807, 2.05) is 60.7 Å². The molecule has 0 bridgehead atoms. The number of rotatable bonds is 5. The summed E-state index contributed by atoms with van der Waals surface area (Å²) in [6.45, 7) is 1.33. The van der Waals surface area contributed by atoms with Crippen molar-refractivity contribution in [1.82, 2.24) is 9.88 Å². The molecule has 1 saturated heterocycles. The monoisotopic (exact) mass is 362 g/mol. The van der Waals surface area contributed by atoms with E-state index in [9.17, 15) is 9.59 Å². The lowest BCUT2D eigenvalue weighted by Crippen LogP contribution is -2.39. The van der Waals surface area contributed by atoms with E-state index in [1.165, 1.54) is 0 Å². The molecule has 0 aliphatic carbocycles. The molecule has 1 atom stereocenters. The molecule has 1 fully saturated rings. The summed E-state index contributed by atoms with van der Waals surface area (Å²) < 4.78 is 5.59. The van der Waals surface area contributed by atoms with Crippen molar-refractivity contribution < 1.29 is 9.53 Å². The Balaban J connectivity index is 1.64. The van der Waals surface area contributed by atoms with Crippen LogP contribution in [-0.2, 0) is 22.6 Å². The molecule has 1 N–H and O–H groups in total. The number of amides is 1. The first-order valence-electron chi connectivity index (χ1n) is 9.26. The summed E-state index contributed by atoms with van der Waals surface area (Å²) in [5, 5.41) is 0.955. The number of aromatic amines is 1. The van der Waals surface area contributed by atoms with Gasteiger partial charge in [-0.1, -0.05) is 48.5 Å². The SMILES string of the molecule is O=C([C@@H]1CCCO1)N(Cc1ccccc1)Cc1cc2ccccc2[nH]c1=O. The Labute approximate surface area is 157 Å². The maximum absolute atomic E-state index is 13.0. The molecule has 1 aliphatic heterocycles. The second-order valence-electron chi connectivity index (χ2n) is 6.89. The fourth-order valence-electron chi connectivity index (χ4n) is 3.51. The predicted octanol–water partition coefficient (Wildman–Crippen LogP) is 3.24. The Morgan fingerprint density at radius 1 is 1.07 bits per heavy atom. The summed E-state index contributed by atoms with van der Waals surface area (Å²) in [4.78, 5) is 30.2. The molecular formula is C22H22N2O3. The zero-order chi connectivity index (χ0) is 18.6. The third kappa shape index (κ3) is 3.93. The molecule has 1 amide bonds. The fourth-order valence-corrected chi connectivity index (χ4v) is 3.51. The molecule has 5 nitrogen and oxygen atoms in total. The number of pyridine rings is 1. The lowest BCUT2D eigenvalue weighted by atomic mass is 10.1. The number of hydrogen-bond donors (Lipinski definition) is 1. The van der Waals surface area contributed by atoms with Gasteiger partial charge in [0.1, 0.15) is 6.10 Å². The van der Waals surface area contributed by atoms with Crippen molar-refractivity contribution in [1.29, 1.82) is 0 Å². The number of nitrogens with zero attached hydrogens (tertiary/aromatic N) is 1. The van der Waals surface area contributed by atoms with Crippen LogP contribution in [0, 0.1) is 0 Å². The van der Waals surface area contributed by atoms with Gasteiger partial charge in [-0.25, -0.2) is 0 Å². The third-order valence-corrected chi connectivity index (χ3v) is 4.92. The van der Waals surface area contributed by atoms with E-state index in [1.54, 1.807) is 4.90 Å². The van der Waals surface area contributed by atoms with Crippen LogP contribution in [0.2, 0.25) is 0 Å². The molecule has 1 aromatic heterocycles. The van der Waals surface area contributed by atoms with E-state index in [0.29, 0.717) is 18.7 Å². The van der Waals surface area contributed by atoms with Crippen LogP contribution in [0.1, 0.15) is 24.0 Å². The van der Waals surface area contributed by atoms with E-state index in [2.05, 4.69) is 4.98 Å². The van der Waals surface area contributed by atoms with Crippen molar-refractivity contribution >= 4 is 16.8 Å². The number of benzene rings is 2. The van der Waals surface area contributed by atoms with Crippen LogP contribution in [0.3, 0.4) is 0 Å². The Kier molecular flexibility index (Phi) is 5.03. The Hall–Kier alpha value is -2.92. The Morgan fingerprint density at radius 2 is 1.85 bits per heavy atom. The number of carbonyl (C=O) groups is 1. The minimum atomic E-state index is -0.409. The maximum Gasteiger partial charge on any atom is 0.253 e. The average Bonchev–Trinajstić information content (AvgIpc) is 3.23. The van der Waals surface area contributed by atoms with Gasteiger partial charge in [0.25, 0.3) is 11.5 Å². The number of para-hydroxylation sites is 1. The number of ether oxygens (including phenoxy) is 1. The zero-order valence-electron chi connectivity index (χ0n) is 15.1. The van der Waals surface area contributed by atoms with Gasteiger partial charge in [-0.2, -0.15) is 0 Å².